The molecule has 1 aromatic carbocycles. The highest BCUT2D eigenvalue weighted by Gasteiger charge is 2.22. The third-order valence-electron chi connectivity index (χ3n) is 2.41. The molecule has 0 bridgehead atoms. The molecular formula is C10H15ClN2O4. The summed E-state index contributed by atoms with van der Waals surface area (Å²) in [6, 6.07) is 2.46. The first kappa shape index (κ1) is 15.6. The second-order valence-corrected chi connectivity index (χ2v) is 3.54. The fourth-order valence-electron chi connectivity index (χ4n) is 1.52. The molecule has 96 valence electrons. The molecule has 0 amide bonds. The van der Waals surface area contributed by atoms with E-state index in [1.807, 2.05) is 0 Å². The number of aliphatic hydroxyl groups is 1. The van der Waals surface area contributed by atoms with E-state index in [0.29, 0.717) is 5.56 Å². The Bertz CT molecular complexity index is 412. The number of nitro benzene ring substituents is 1. The molecule has 1 rings (SSSR count). The average molecular weight is 263 g/mol. The van der Waals surface area contributed by atoms with Crippen molar-refractivity contribution < 1.29 is 15.1 Å². The number of aryl methyl sites for hydroxylation is 1. The minimum absolute atomic E-state index is 0. The first-order valence-electron chi connectivity index (χ1n) is 4.82. The van der Waals surface area contributed by atoms with Gasteiger partial charge in [-0.25, -0.2) is 0 Å². The number of benzene rings is 1. The predicted octanol–water partition coefficient (Wildman–Crippen LogP) is 1.41. The summed E-state index contributed by atoms with van der Waals surface area (Å²) in [4.78, 5) is 10.1. The summed E-state index contributed by atoms with van der Waals surface area (Å²) in [6.45, 7) is 1.40. The average Bonchev–Trinajstić information content (AvgIpc) is 2.17. The zero-order valence-corrected chi connectivity index (χ0v) is 10.1. The zero-order chi connectivity index (χ0) is 12.3. The molecule has 0 fully saturated rings. The third-order valence-corrected chi connectivity index (χ3v) is 2.41. The molecule has 0 spiro atoms. The molecule has 0 aliphatic carbocycles. The van der Waals surface area contributed by atoms with Crippen LogP contribution in [0.5, 0.6) is 5.75 Å². The molecule has 0 aliphatic heterocycles. The summed E-state index contributed by atoms with van der Waals surface area (Å²) in [5.74, 6) is -0.411. The van der Waals surface area contributed by atoms with E-state index < -0.39 is 16.7 Å². The molecule has 0 aliphatic rings. The third kappa shape index (κ3) is 3.29. The standard InChI is InChI=1S/C10H14N2O4.ClH/c1-6-2-3-7(8(11)4-5-13)10(14)9(6)12(15)16;/h2-3,8,13-14H,4-5,11H2,1H3;1H/t8-;/m0./s1. The molecule has 0 unspecified atom stereocenters. The van der Waals surface area contributed by atoms with Gasteiger partial charge in [0.15, 0.2) is 5.75 Å². The van der Waals surface area contributed by atoms with E-state index in [1.54, 1.807) is 6.92 Å². The fourth-order valence-corrected chi connectivity index (χ4v) is 1.52. The lowest BCUT2D eigenvalue weighted by Gasteiger charge is -2.12. The lowest BCUT2D eigenvalue weighted by molar-refractivity contribution is -0.386. The van der Waals surface area contributed by atoms with Gasteiger partial charge >= 0.3 is 5.69 Å². The Kier molecular flexibility index (Phi) is 5.87. The molecule has 0 saturated carbocycles. The Labute approximate surface area is 105 Å². The zero-order valence-electron chi connectivity index (χ0n) is 9.29. The number of phenols is 1. The van der Waals surface area contributed by atoms with Crippen LogP contribution in [0.1, 0.15) is 23.6 Å². The largest absolute Gasteiger partial charge is 0.502 e. The molecule has 0 radical (unpaired) electrons. The van der Waals surface area contributed by atoms with Gasteiger partial charge in [0.1, 0.15) is 0 Å². The van der Waals surface area contributed by atoms with E-state index in [-0.39, 0.29) is 36.7 Å². The number of nitro groups is 1. The van der Waals surface area contributed by atoms with Crippen molar-refractivity contribution in [3.8, 4) is 5.75 Å². The highest BCUT2D eigenvalue weighted by atomic mass is 35.5. The Morgan fingerprint density at radius 3 is 2.59 bits per heavy atom. The van der Waals surface area contributed by atoms with Crippen molar-refractivity contribution in [2.75, 3.05) is 6.61 Å². The number of rotatable bonds is 4. The number of phenolic OH excluding ortho intramolecular Hbond substituents is 1. The van der Waals surface area contributed by atoms with Crippen LogP contribution in [0.3, 0.4) is 0 Å². The molecule has 7 heteroatoms. The lowest BCUT2D eigenvalue weighted by atomic mass is 10.0. The summed E-state index contributed by atoms with van der Waals surface area (Å²) < 4.78 is 0. The second kappa shape index (κ2) is 6.39. The van der Waals surface area contributed by atoms with Gasteiger partial charge in [-0.2, -0.15) is 0 Å². The quantitative estimate of drug-likeness (QED) is 0.561. The minimum atomic E-state index is -0.639. The van der Waals surface area contributed by atoms with Gasteiger partial charge in [-0.1, -0.05) is 12.1 Å². The maximum Gasteiger partial charge on any atom is 0.313 e. The number of hydrogen-bond donors (Lipinski definition) is 3. The molecule has 17 heavy (non-hydrogen) atoms. The summed E-state index contributed by atoms with van der Waals surface area (Å²) in [5.41, 5.74) is 6.02. The molecular weight excluding hydrogens is 248 g/mol. The lowest BCUT2D eigenvalue weighted by Crippen LogP contribution is -2.12. The van der Waals surface area contributed by atoms with E-state index in [4.69, 9.17) is 10.8 Å². The van der Waals surface area contributed by atoms with E-state index in [0.717, 1.165) is 0 Å². The second-order valence-electron chi connectivity index (χ2n) is 3.54. The number of halogens is 1. The number of nitrogens with zero attached hydrogens (tertiary/aromatic N) is 1. The summed E-state index contributed by atoms with van der Waals surface area (Å²) in [7, 11) is 0. The monoisotopic (exact) mass is 262 g/mol. The van der Waals surface area contributed by atoms with Gasteiger partial charge in [-0.15, -0.1) is 12.4 Å². The Morgan fingerprint density at radius 2 is 2.12 bits per heavy atom. The Balaban J connectivity index is 0.00000256. The summed E-state index contributed by atoms with van der Waals surface area (Å²) in [6.07, 6.45) is 0.244. The van der Waals surface area contributed by atoms with Crippen LogP contribution in [0, 0.1) is 17.0 Å². The first-order valence-corrected chi connectivity index (χ1v) is 4.82. The van der Waals surface area contributed by atoms with Gasteiger partial charge in [-0.3, -0.25) is 10.1 Å². The van der Waals surface area contributed by atoms with Crippen LogP contribution in [-0.2, 0) is 0 Å². The number of hydrogen-bond acceptors (Lipinski definition) is 5. The van der Waals surface area contributed by atoms with Crippen molar-refractivity contribution in [3.05, 3.63) is 33.4 Å². The van der Waals surface area contributed by atoms with Crippen molar-refractivity contribution in [3.63, 3.8) is 0 Å². The minimum Gasteiger partial charge on any atom is -0.502 e. The van der Waals surface area contributed by atoms with Gasteiger partial charge in [0.05, 0.1) is 4.92 Å². The highest BCUT2D eigenvalue weighted by molar-refractivity contribution is 5.85. The SMILES string of the molecule is Cc1ccc([C@@H](N)CCO)c(O)c1[N+](=O)[O-].Cl. The summed E-state index contributed by atoms with van der Waals surface area (Å²) in [5, 5.41) is 29.2. The molecule has 0 aromatic heterocycles. The van der Waals surface area contributed by atoms with Crippen LogP contribution < -0.4 is 5.73 Å². The van der Waals surface area contributed by atoms with E-state index in [9.17, 15) is 15.2 Å². The van der Waals surface area contributed by atoms with Crippen molar-refractivity contribution in [2.45, 2.75) is 19.4 Å². The number of nitrogens with two attached hydrogens (primary N) is 1. The van der Waals surface area contributed by atoms with Gasteiger partial charge in [0.25, 0.3) is 0 Å². The van der Waals surface area contributed by atoms with Gasteiger partial charge in [-0.05, 0) is 13.3 Å². The normalized spacial score (nSPS) is 11.7. The van der Waals surface area contributed by atoms with E-state index in [2.05, 4.69) is 0 Å². The van der Waals surface area contributed by atoms with E-state index >= 15 is 0 Å². The molecule has 0 saturated heterocycles. The van der Waals surface area contributed by atoms with Crippen LogP contribution >= 0.6 is 12.4 Å². The molecule has 1 atom stereocenters. The Morgan fingerprint density at radius 1 is 1.53 bits per heavy atom. The molecule has 4 N–H and O–H groups in total. The van der Waals surface area contributed by atoms with Crippen molar-refractivity contribution in [1.29, 1.82) is 0 Å². The van der Waals surface area contributed by atoms with Crippen LogP contribution in [0.25, 0.3) is 0 Å². The molecule has 6 nitrogen and oxygen atoms in total. The van der Waals surface area contributed by atoms with Gasteiger partial charge in [0, 0.05) is 23.8 Å². The van der Waals surface area contributed by atoms with Crippen LogP contribution in [0.4, 0.5) is 5.69 Å². The summed E-state index contributed by atoms with van der Waals surface area (Å²) >= 11 is 0. The number of aliphatic hydroxyl groups excluding tert-OH is 1. The van der Waals surface area contributed by atoms with Gasteiger partial charge in [0.2, 0.25) is 0 Å². The maximum atomic E-state index is 10.7. The van der Waals surface area contributed by atoms with Crippen LogP contribution in [0.15, 0.2) is 12.1 Å². The first-order chi connectivity index (χ1) is 7.49. The molecule has 1 aromatic rings. The van der Waals surface area contributed by atoms with Crippen molar-refractivity contribution in [2.24, 2.45) is 5.73 Å². The topological polar surface area (TPSA) is 110 Å². The predicted molar refractivity (Wildman–Crippen MR) is 65.4 cm³/mol. The maximum absolute atomic E-state index is 10.7. The van der Waals surface area contributed by atoms with E-state index in [1.165, 1.54) is 12.1 Å². The van der Waals surface area contributed by atoms with Crippen LogP contribution in [0.2, 0.25) is 0 Å². The number of aromatic hydroxyl groups is 1. The smallest absolute Gasteiger partial charge is 0.313 e. The van der Waals surface area contributed by atoms with Crippen LogP contribution in [-0.4, -0.2) is 21.7 Å². The highest BCUT2D eigenvalue weighted by Crippen LogP contribution is 2.36. The van der Waals surface area contributed by atoms with Crippen molar-refractivity contribution in [1.82, 2.24) is 0 Å². The van der Waals surface area contributed by atoms with Gasteiger partial charge < -0.3 is 15.9 Å². The molecule has 0 heterocycles. The Hall–Kier alpha value is -1.37. The fraction of sp³-hybridized carbons (Fsp3) is 0.400. The van der Waals surface area contributed by atoms with Crippen molar-refractivity contribution >= 4 is 18.1 Å².